The number of β-amino-alcohol motifs (C(OH)–C–C–N with tert-alkyl or cyclic N) is 1. The van der Waals surface area contributed by atoms with Crippen molar-refractivity contribution < 1.29 is 20.4 Å². The molecule has 6 heteroatoms. The Kier molecular flexibility index (Phi) is 7.10. The molecule has 1 rings (SSSR count). The molecule has 0 aromatic heterocycles. The zero-order chi connectivity index (χ0) is 15.3. The van der Waals surface area contributed by atoms with E-state index in [1.54, 1.807) is 0 Å². The molecule has 20 heavy (non-hydrogen) atoms. The van der Waals surface area contributed by atoms with Gasteiger partial charge in [-0.2, -0.15) is 0 Å². The van der Waals surface area contributed by atoms with Gasteiger partial charge in [-0.25, -0.2) is 0 Å². The van der Waals surface area contributed by atoms with Crippen LogP contribution in [0.4, 0.5) is 0 Å². The fourth-order valence-electron chi connectivity index (χ4n) is 2.78. The number of likely N-dealkylation sites (tertiary alicyclic amines) is 1. The van der Waals surface area contributed by atoms with Gasteiger partial charge in [-0.05, 0) is 13.0 Å². The molecule has 4 atom stereocenters. The average molecular weight is 305 g/mol. The van der Waals surface area contributed by atoms with Gasteiger partial charge >= 0.3 is 0 Å². The molecule has 1 fully saturated rings. The van der Waals surface area contributed by atoms with Crippen LogP contribution in [-0.4, -0.2) is 77.5 Å². The van der Waals surface area contributed by atoms with Crippen molar-refractivity contribution in [2.75, 3.05) is 19.7 Å². The number of unbranched alkanes of at least 4 members (excludes halogenated alkanes) is 2. The Balaban J connectivity index is 2.34. The van der Waals surface area contributed by atoms with E-state index in [2.05, 4.69) is 19.6 Å². The molecule has 0 spiro atoms. The van der Waals surface area contributed by atoms with E-state index in [9.17, 15) is 20.4 Å². The summed E-state index contributed by atoms with van der Waals surface area (Å²) < 4.78 is 0. The fourth-order valence-corrected chi connectivity index (χ4v) is 4.09. The minimum Gasteiger partial charge on any atom is -0.395 e. The van der Waals surface area contributed by atoms with Crippen LogP contribution in [0.1, 0.15) is 19.3 Å². The molecule has 0 bridgehead atoms. The summed E-state index contributed by atoms with van der Waals surface area (Å²) in [5.74, 6) is 0. The molecule has 0 amide bonds. The van der Waals surface area contributed by atoms with Gasteiger partial charge in [-0.15, -0.1) is 0 Å². The van der Waals surface area contributed by atoms with Crippen LogP contribution in [-0.2, 0) is 0 Å². The second-order valence-electron chi connectivity index (χ2n) is 7.16. The first-order valence-corrected chi connectivity index (χ1v) is 11.4. The van der Waals surface area contributed by atoms with Crippen LogP contribution in [0.25, 0.3) is 0 Å². The number of rotatable bonds is 7. The molecule has 1 unspecified atom stereocenters. The lowest BCUT2D eigenvalue weighted by Gasteiger charge is -2.43. The molecule has 1 aliphatic heterocycles. The van der Waals surface area contributed by atoms with E-state index in [4.69, 9.17) is 0 Å². The maximum absolute atomic E-state index is 9.88. The predicted molar refractivity (Wildman–Crippen MR) is 82.5 cm³/mol. The number of aliphatic hydroxyl groups excluding tert-OH is 4. The second-order valence-corrected chi connectivity index (χ2v) is 12.8. The summed E-state index contributed by atoms with van der Waals surface area (Å²) in [4.78, 5) is 1.90. The third-order valence-corrected chi connectivity index (χ3v) is 5.94. The van der Waals surface area contributed by atoms with Crippen LogP contribution in [0.15, 0.2) is 0 Å². The highest BCUT2D eigenvalue weighted by molar-refractivity contribution is 6.76. The molecule has 0 radical (unpaired) electrons. The maximum Gasteiger partial charge on any atom is 0.109 e. The molecule has 0 aliphatic carbocycles. The van der Waals surface area contributed by atoms with Crippen molar-refractivity contribution in [1.82, 2.24) is 4.90 Å². The highest BCUT2D eigenvalue weighted by Gasteiger charge is 2.40. The van der Waals surface area contributed by atoms with Crippen molar-refractivity contribution in [2.24, 2.45) is 0 Å². The van der Waals surface area contributed by atoms with E-state index in [-0.39, 0.29) is 6.61 Å². The van der Waals surface area contributed by atoms with Gasteiger partial charge in [0, 0.05) is 14.6 Å². The Labute approximate surface area is 123 Å². The molecule has 4 N–H and O–H groups in total. The topological polar surface area (TPSA) is 84.2 Å². The summed E-state index contributed by atoms with van der Waals surface area (Å²) in [7, 11) is -0.965. The summed E-state index contributed by atoms with van der Waals surface area (Å²) in [6, 6.07) is 0.853. The SMILES string of the molecule is C[Si](C)(C)CCCCCN1C[C@H](O)[C@@H](O)[C@H](O)C1CO. The van der Waals surface area contributed by atoms with Crippen molar-refractivity contribution in [3.63, 3.8) is 0 Å². The van der Waals surface area contributed by atoms with Crippen molar-refractivity contribution in [3.05, 3.63) is 0 Å². The number of nitrogens with zero attached hydrogens (tertiary/aromatic N) is 1. The third kappa shape index (κ3) is 5.42. The Morgan fingerprint density at radius 2 is 1.65 bits per heavy atom. The number of hydrogen-bond acceptors (Lipinski definition) is 5. The van der Waals surface area contributed by atoms with Crippen LogP contribution in [0.3, 0.4) is 0 Å². The van der Waals surface area contributed by atoms with Crippen molar-refractivity contribution in [1.29, 1.82) is 0 Å². The molecule has 1 heterocycles. The molecule has 1 aliphatic rings. The number of hydrogen-bond donors (Lipinski definition) is 4. The van der Waals surface area contributed by atoms with E-state index in [1.165, 1.54) is 12.5 Å². The quantitative estimate of drug-likeness (QED) is 0.400. The molecular formula is C14H31NO4Si. The van der Waals surface area contributed by atoms with Gasteiger partial charge in [0.25, 0.3) is 0 Å². The van der Waals surface area contributed by atoms with Crippen molar-refractivity contribution in [3.8, 4) is 0 Å². The minimum absolute atomic E-state index is 0.195. The molecule has 1 saturated heterocycles. The highest BCUT2D eigenvalue weighted by Crippen LogP contribution is 2.20. The smallest absolute Gasteiger partial charge is 0.109 e. The summed E-state index contributed by atoms with van der Waals surface area (Å²) in [6.45, 7) is 7.98. The number of aliphatic hydroxyl groups is 4. The summed E-state index contributed by atoms with van der Waals surface area (Å²) in [5.41, 5.74) is 0. The first-order valence-electron chi connectivity index (χ1n) is 7.65. The van der Waals surface area contributed by atoms with E-state index in [0.29, 0.717) is 6.54 Å². The van der Waals surface area contributed by atoms with Crippen molar-refractivity contribution in [2.45, 2.75) is 69.3 Å². The normalized spacial score (nSPS) is 32.5. The van der Waals surface area contributed by atoms with Crippen LogP contribution < -0.4 is 0 Å². The van der Waals surface area contributed by atoms with E-state index < -0.39 is 32.4 Å². The summed E-state index contributed by atoms with van der Waals surface area (Å²) >= 11 is 0. The van der Waals surface area contributed by atoms with Gasteiger partial charge in [-0.1, -0.05) is 38.5 Å². The Morgan fingerprint density at radius 1 is 1.00 bits per heavy atom. The third-order valence-electron chi connectivity index (χ3n) is 4.09. The van der Waals surface area contributed by atoms with E-state index >= 15 is 0 Å². The molecular weight excluding hydrogens is 274 g/mol. The van der Waals surface area contributed by atoms with E-state index in [1.807, 2.05) is 4.90 Å². The predicted octanol–water partition coefficient (Wildman–Crippen LogP) is 0.254. The molecule has 5 nitrogen and oxygen atoms in total. The largest absolute Gasteiger partial charge is 0.395 e. The lowest BCUT2D eigenvalue weighted by atomic mass is 9.94. The Bertz CT molecular complexity index is 285. The molecule has 120 valence electrons. The standard InChI is InChI=1S/C14H31NO4Si/c1-20(2,3)8-6-4-5-7-15-9-12(17)14(19)13(18)11(15)10-16/h11-14,16-19H,4-10H2,1-3H3/t11?,12-,13+,14+/m0/s1. The fraction of sp³-hybridized carbons (Fsp3) is 1.00. The van der Waals surface area contributed by atoms with E-state index in [0.717, 1.165) is 19.4 Å². The van der Waals surface area contributed by atoms with Gasteiger partial charge < -0.3 is 20.4 Å². The van der Waals surface area contributed by atoms with Crippen LogP contribution in [0.2, 0.25) is 25.7 Å². The molecule has 0 saturated carbocycles. The van der Waals surface area contributed by atoms with Crippen molar-refractivity contribution >= 4 is 8.07 Å². The summed E-state index contributed by atoms with van der Waals surface area (Å²) in [5, 5.41) is 38.6. The minimum atomic E-state index is -1.16. The summed E-state index contributed by atoms with van der Waals surface area (Å²) in [6.07, 6.45) is 0.182. The Hall–Kier alpha value is 0.0169. The van der Waals surface area contributed by atoms with Gasteiger partial charge in [0.2, 0.25) is 0 Å². The zero-order valence-corrected chi connectivity index (χ0v) is 14.0. The average Bonchev–Trinajstić information content (AvgIpc) is 2.34. The molecule has 0 aromatic rings. The van der Waals surface area contributed by atoms with Gasteiger partial charge in [0.05, 0.1) is 18.8 Å². The van der Waals surface area contributed by atoms with Gasteiger partial charge in [-0.3, -0.25) is 4.90 Å². The Morgan fingerprint density at radius 3 is 2.20 bits per heavy atom. The zero-order valence-electron chi connectivity index (χ0n) is 13.0. The van der Waals surface area contributed by atoms with Gasteiger partial charge in [0.15, 0.2) is 0 Å². The van der Waals surface area contributed by atoms with Crippen LogP contribution in [0, 0.1) is 0 Å². The monoisotopic (exact) mass is 305 g/mol. The highest BCUT2D eigenvalue weighted by atomic mass is 28.3. The number of piperidine rings is 1. The first-order chi connectivity index (χ1) is 9.26. The van der Waals surface area contributed by atoms with Crippen LogP contribution >= 0.6 is 0 Å². The lowest BCUT2D eigenvalue weighted by molar-refractivity contribution is -0.145. The van der Waals surface area contributed by atoms with Crippen LogP contribution in [0.5, 0.6) is 0 Å². The first kappa shape index (κ1) is 18.1. The van der Waals surface area contributed by atoms with Gasteiger partial charge in [0.1, 0.15) is 12.2 Å². The molecule has 0 aromatic carbocycles. The maximum atomic E-state index is 9.88. The second kappa shape index (κ2) is 7.86. The lowest BCUT2D eigenvalue weighted by Crippen LogP contribution is -2.62.